The van der Waals surface area contributed by atoms with Crippen LogP contribution in [0, 0.1) is 11.8 Å². The molecule has 0 radical (unpaired) electrons. The van der Waals surface area contributed by atoms with E-state index >= 15 is 0 Å². The molecule has 1 aliphatic rings. The van der Waals surface area contributed by atoms with E-state index in [1.54, 1.807) is 0 Å². The van der Waals surface area contributed by atoms with E-state index in [1.807, 2.05) is 26.0 Å². The molecule has 2 nitrogen and oxygen atoms in total. The van der Waals surface area contributed by atoms with Crippen LogP contribution in [-0.4, -0.2) is 11.6 Å². The largest absolute Gasteiger partial charge is 0.299 e. The summed E-state index contributed by atoms with van der Waals surface area (Å²) in [5.41, 5.74) is 0.827. The van der Waals surface area contributed by atoms with Crippen LogP contribution in [0.3, 0.4) is 0 Å². The fourth-order valence-electron chi connectivity index (χ4n) is 2.50. The van der Waals surface area contributed by atoms with Crippen molar-refractivity contribution in [3.8, 4) is 0 Å². The maximum absolute atomic E-state index is 11.8. The Morgan fingerprint density at radius 2 is 2.24 bits per heavy atom. The van der Waals surface area contributed by atoms with E-state index in [-0.39, 0.29) is 17.6 Å². The van der Waals surface area contributed by atoms with Crippen molar-refractivity contribution in [3.05, 3.63) is 24.3 Å². The quantitative estimate of drug-likeness (QED) is 0.521. The van der Waals surface area contributed by atoms with Crippen molar-refractivity contribution >= 4 is 11.6 Å². The van der Waals surface area contributed by atoms with Crippen LogP contribution in [0.2, 0.25) is 0 Å². The monoisotopic (exact) mass is 234 g/mol. The zero-order chi connectivity index (χ0) is 12.8. The van der Waals surface area contributed by atoms with Gasteiger partial charge >= 0.3 is 0 Å². The molecule has 17 heavy (non-hydrogen) atoms. The highest BCUT2D eigenvalue weighted by Crippen LogP contribution is 2.33. The van der Waals surface area contributed by atoms with Crippen molar-refractivity contribution in [2.24, 2.45) is 11.8 Å². The summed E-state index contributed by atoms with van der Waals surface area (Å²) in [6.07, 6.45) is 7.43. The third-order valence-corrected chi connectivity index (χ3v) is 3.59. The molecule has 94 valence electrons. The van der Waals surface area contributed by atoms with Crippen molar-refractivity contribution in [3.63, 3.8) is 0 Å². The maximum atomic E-state index is 11.8. The Morgan fingerprint density at radius 1 is 1.53 bits per heavy atom. The van der Waals surface area contributed by atoms with Crippen LogP contribution >= 0.6 is 0 Å². The topological polar surface area (TPSA) is 34.1 Å². The molecule has 0 aromatic heterocycles. The third kappa shape index (κ3) is 3.65. The zero-order valence-electron chi connectivity index (χ0n) is 10.9. The molecule has 0 aliphatic heterocycles. The Labute approximate surface area is 104 Å². The van der Waals surface area contributed by atoms with Gasteiger partial charge in [-0.15, -0.1) is 6.58 Å². The second-order valence-corrected chi connectivity index (χ2v) is 4.77. The van der Waals surface area contributed by atoms with Gasteiger partial charge < -0.3 is 0 Å². The minimum atomic E-state index is 0.0332. The first-order valence-electron chi connectivity index (χ1n) is 6.45. The number of hydrogen-bond donors (Lipinski definition) is 0. The molecule has 0 aromatic rings. The van der Waals surface area contributed by atoms with Gasteiger partial charge in [-0.1, -0.05) is 19.1 Å². The highest BCUT2D eigenvalue weighted by molar-refractivity contribution is 5.95. The molecule has 0 N–H and O–H groups in total. The second kappa shape index (κ2) is 6.53. The Hall–Kier alpha value is -1.18. The lowest BCUT2D eigenvalue weighted by Crippen LogP contribution is -2.15. The average molecular weight is 234 g/mol. The normalized spacial score (nSPS) is 25.1. The Kier molecular flexibility index (Phi) is 5.33. The zero-order valence-corrected chi connectivity index (χ0v) is 10.9. The molecule has 2 heteroatoms. The molecule has 1 rings (SSSR count). The van der Waals surface area contributed by atoms with Gasteiger partial charge in [0.2, 0.25) is 0 Å². The molecule has 0 bridgehead atoms. The summed E-state index contributed by atoms with van der Waals surface area (Å²) >= 11 is 0. The minimum absolute atomic E-state index is 0.0332. The fourth-order valence-corrected chi connectivity index (χ4v) is 2.50. The first-order chi connectivity index (χ1) is 8.10. The fraction of sp³-hybridized carbons (Fsp3) is 0.600. The summed E-state index contributed by atoms with van der Waals surface area (Å²) in [4.78, 5) is 23.5. The summed E-state index contributed by atoms with van der Waals surface area (Å²) in [5.74, 6) is 0.797. The molecule has 0 amide bonds. The maximum Gasteiger partial charge on any atom is 0.158 e. The summed E-state index contributed by atoms with van der Waals surface area (Å²) in [5, 5.41) is 0. The SMILES string of the molecule is C=C[C@@H]1CCC(=O)[C@H]1CCC(=O)/C(C)=C/CC. The number of hydrogen-bond acceptors (Lipinski definition) is 2. The smallest absolute Gasteiger partial charge is 0.158 e. The number of carbonyl (C=O) groups excluding carboxylic acids is 2. The average Bonchev–Trinajstić information content (AvgIpc) is 2.67. The van der Waals surface area contributed by atoms with Crippen molar-refractivity contribution < 1.29 is 9.59 Å². The predicted octanol–water partition coefficient (Wildman–Crippen LogP) is 3.47. The Morgan fingerprint density at radius 3 is 2.82 bits per heavy atom. The van der Waals surface area contributed by atoms with Gasteiger partial charge in [0.25, 0.3) is 0 Å². The molecule has 2 atom stereocenters. The second-order valence-electron chi connectivity index (χ2n) is 4.77. The van der Waals surface area contributed by atoms with Crippen LogP contribution < -0.4 is 0 Å². The van der Waals surface area contributed by atoms with E-state index in [2.05, 4.69) is 6.58 Å². The Balaban J connectivity index is 2.50. The van der Waals surface area contributed by atoms with E-state index in [9.17, 15) is 9.59 Å². The summed E-state index contributed by atoms with van der Waals surface area (Å²) < 4.78 is 0. The number of carbonyl (C=O) groups is 2. The van der Waals surface area contributed by atoms with Crippen molar-refractivity contribution in [2.45, 2.75) is 46.0 Å². The molecule has 0 heterocycles. The standard InChI is InChI=1S/C15H22O2/c1-4-6-11(3)14(16)10-8-13-12(5-2)7-9-15(13)17/h5-6,12-13H,2,4,7-10H2,1,3H3/b11-6+/t12-,13+/m1/s1. The van der Waals surface area contributed by atoms with Gasteiger partial charge in [-0.25, -0.2) is 0 Å². The first kappa shape index (κ1) is 13.9. The van der Waals surface area contributed by atoms with Gasteiger partial charge in [0, 0.05) is 18.8 Å². The number of allylic oxidation sites excluding steroid dienone is 3. The summed E-state index contributed by atoms with van der Waals surface area (Å²) in [6.45, 7) is 7.64. The lowest BCUT2D eigenvalue weighted by molar-refractivity contribution is -0.121. The summed E-state index contributed by atoms with van der Waals surface area (Å²) in [7, 11) is 0. The van der Waals surface area contributed by atoms with Crippen LogP contribution in [0.4, 0.5) is 0 Å². The molecule has 0 aromatic carbocycles. The van der Waals surface area contributed by atoms with Crippen LogP contribution in [0.1, 0.15) is 46.0 Å². The van der Waals surface area contributed by atoms with Crippen molar-refractivity contribution in [1.29, 1.82) is 0 Å². The van der Waals surface area contributed by atoms with E-state index < -0.39 is 0 Å². The van der Waals surface area contributed by atoms with Crippen LogP contribution in [-0.2, 0) is 9.59 Å². The number of Topliss-reactive ketones (excluding diaryl/α,β-unsaturated/α-hetero) is 2. The molecular formula is C15H22O2. The molecule has 1 saturated carbocycles. The van der Waals surface area contributed by atoms with Gasteiger partial charge in [-0.05, 0) is 37.7 Å². The van der Waals surface area contributed by atoms with E-state index in [4.69, 9.17) is 0 Å². The van der Waals surface area contributed by atoms with Gasteiger partial charge in [-0.3, -0.25) is 9.59 Å². The number of rotatable bonds is 6. The molecular weight excluding hydrogens is 212 g/mol. The first-order valence-corrected chi connectivity index (χ1v) is 6.45. The van der Waals surface area contributed by atoms with Gasteiger partial charge in [0.15, 0.2) is 5.78 Å². The van der Waals surface area contributed by atoms with E-state index in [1.165, 1.54) is 0 Å². The molecule has 1 fully saturated rings. The Bertz CT molecular complexity index is 339. The molecule has 0 saturated heterocycles. The van der Waals surface area contributed by atoms with Crippen LogP contribution in [0.5, 0.6) is 0 Å². The van der Waals surface area contributed by atoms with Crippen LogP contribution in [0.25, 0.3) is 0 Å². The summed E-state index contributed by atoms with van der Waals surface area (Å²) in [6, 6.07) is 0. The highest BCUT2D eigenvalue weighted by atomic mass is 16.1. The van der Waals surface area contributed by atoms with Gasteiger partial charge in [-0.2, -0.15) is 0 Å². The van der Waals surface area contributed by atoms with Crippen molar-refractivity contribution in [1.82, 2.24) is 0 Å². The van der Waals surface area contributed by atoms with Gasteiger partial charge in [0.1, 0.15) is 5.78 Å². The lowest BCUT2D eigenvalue weighted by atomic mass is 9.89. The van der Waals surface area contributed by atoms with Crippen molar-refractivity contribution in [2.75, 3.05) is 0 Å². The predicted molar refractivity (Wildman–Crippen MR) is 69.7 cm³/mol. The van der Waals surface area contributed by atoms with E-state index in [0.717, 1.165) is 18.4 Å². The molecule has 0 unspecified atom stereocenters. The molecule has 0 spiro atoms. The van der Waals surface area contributed by atoms with Crippen LogP contribution in [0.15, 0.2) is 24.3 Å². The molecule has 1 aliphatic carbocycles. The minimum Gasteiger partial charge on any atom is -0.299 e. The highest BCUT2D eigenvalue weighted by Gasteiger charge is 2.32. The van der Waals surface area contributed by atoms with Gasteiger partial charge in [0.05, 0.1) is 0 Å². The lowest BCUT2D eigenvalue weighted by Gasteiger charge is -2.13. The van der Waals surface area contributed by atoms with E-state index in [0.29, 0.717) is 25.0 Å². The number of ketones is 2. The third-order valence-electron chi connectivity index (χ3n) is 3.59.